The van der Waals surface area contributed by atoms with Crippen LogP contribution < -0.4 is 5.43 Å². The molecule has 1 heterocycles. The Balaban J connectivity index is 2.37. The third-order valence-electron chi connectivity index (χ3n) is 5.19. The topological polar surface area (TPSA) is 234 Å². The molecule has 36 heavy (non-hydrogen) atoms. The zero-order valence-electron chi connectivity index (χ0n) is 17.4. The van der Waals surface area contributed by atoms with Gasteiger partial charge in [-0.2, -0.15) is 16.8 Å². The summed E-state index contributed by atoms with van der Waals surface area (Å²) in [6.07, 6.45) is 0. The highest BCUT2D eigenvalue weighted by Gasteiger charge is 2.32. The number of carboxylic acids is 2. The van der Waals surface area contributed by atoms with Crippen molar-refractivity contribution in [2.24, 2.45) is 0 Å². The standard InChI is InChI=1S/C21H12O13S2/c22-13-5-3-10-15(9-2-1-8(20(24)25)7-12(9)21(26)27)11-4-6-14(23)19(36(31,32)33)17(11)34-16(10)18(13)35(28,29)30/h1-7,22H,(H,24,25)(H,26,27)(H,28,29,30)(H,31,32,33). The van der Waals surface area contributed by atoms with Crippen LogP contribution in [0.2, 0.25) is 0 Å². The van der Waals surface area contributed by atoms with Gasteiger partial charge in [0.1, 0.15) is 5.75 Å². The molecule has 0 radical (unpaired) electrons. The molecule has 2 aromatic rings. The number of hydrogen-bond donors (Lipinski definition) is 5. The summed E-state index contributed by atoms with van der Waals surface area (Å²) < 4.78 is 72.8. The fraction of sp³-hybridized carbons (Fsp3) is 0. The zero-order valence-corrected chi connectivity index (χ0v) is 19.0. The number of carbonyl (C=O) groups is 2. The summed E-state index contributed by atoms with van der Waals surface area (Å²) in [6, 6.07) is 6.48. The first-order valence-corrected chi connectivity index (χ1v) is 12.3. The molecule has 0 saturated heterocycles. The number of aromatic hydroxyl groups is 1. The predicted molar refractivity (Wildman–Crippen MR) is 120 cm³/mol. The molecule has 0 fully saturated rings. The molecule has 2 aliphatic rings. The van der Waals surface area contributed by atoms with Crippen molar-refractivity contribution in [3.8, 4) is 28.2 Å². The maximum absolute atomic E-state index is 12.3. The van der Waals surface area contributed by atoms with Gasteiger partial charge in [0.2, 0.25) is 5.43 Å². The van der Waals surface area contributed by atoms with Crippen molar-refractivity contribution in [2.45, 2.75) is 9.79 Å². The number of phenols is 1. The van der Waals surface area contributed by atoms with Gasteiger partial charge in [0, 0.05) is 16.5 Å². The van der Waals surface area contributed by atoms with Crippen LogP contribution in [0.5, 0.6) is 5.75 Å². The maximum atomic E-state index is 12.3. The van der Waals surface area contributed by atoms with Crippen LogP contribution in [0.15, 0.2) is 61.5 Å². The van der Waals surface area contributed by atoms with Crippen molar-refractivity contribution in [3.63, 3.8) is 0 Å². The summed E-state index contributed by atoms with van der Waals surface area (Å²) in [5.74, 6) is -5.04. The average Bonchev–Trinajstić information content (AvgIpc) is 2.74. The molecule has 13 nitrogen and oxygen atoms in total. The van der Waals surface area contributed by atoms with E-state index in [1.54, 1.807) is 0 Å². The van der Waals surface area contributed by atoms with Crippen molar-refractivity contribution >= 4 is 43.1 Å². The van der Waals surface area contributed by atoms with Crippen LogP contribution >= 0.6 is 0 Å². The molecule has 0 amide bonds. The summed E-state index contributed by atoms with van der Waals surface area (Å²) >= 11 is 0. The first-order valence-electron chi connectivity index (χ1n) is 9.44. The van der Waals surface area contributed by atoms with Crippen molar-refractivity contribution < 1.29 is 55.3 Å². The van der Waals surface area contributed by atoms with E-state index in [0.29, 0.717) is 0 Å². The lowest BCUT2D eigenvalue weighted by molar-refractivity contribution is 0.0696. The van der Waals surface area contributed by atoms with E-state index in [2.05, 4.69) is 0 Å². The molecule has 0 unspecified atom stereocenters. The van der Waals surface area contributed by atoms with E-state index >= 15 is 0 Å². The number of aromatic carboxylic acids is 2. The third kappa shape index (κ3) is 3.95. The van der Waals surface area contributed by atoms with Crippen molar-refractivity contribution in [3.05, 3.63) is 63.8 Å². The highest BCUT2D eigenvalue weighted by Crippen LogP contribution is 2.46. The lowest BCUT2D eigenvalue weighted by Gasteiger charge is -2.19. The van der Waals surface area contributed by atoms with Gasteiger partial charge >= 0.3 is 32.2 Å². The Kier molecular flexibility index (Phi) is 5.60. The Hall–Kier alpha value is -4.31. The van der Waals surface area contributed by atoms with Gasteiger partial charge in [-0.05, 0) is 42.0 Å². The monoisotopic (exact) mass is 536 g/mol. The summed E-state index contributed by atoms with van der Waals surface area (Å²) in [5, 5.41) is 28.8. The van der Waals surface area contributed by atoms with Crippen molar-refractivity contribution in [2.75, 3.05) is 0 Å². The minimum atomic E-state index is -5.31. The van der Waals surface area contributed by atoms with E-state index < -0.39 is 75.6 Å². The lowest BCUT2D eigenvalue weighted by Crippen LogP contribution is -2.16. The predicted octanol–water partition coefficient (Wildman–Crippen LogP) is 2.16. The van der Waals surface area contributed by atoms with Crippen LogP contribution in [0.4, 0.5) is 0 Å². The first kappa shape index (κ1) is 24.8. The fourth-order valence-corrected chi connectivity index (χ4v) is 5.22. The summed E-state index contributed by atoms with van der Waals surface area (Å²) in [5.41, 5.74) is -4.04. The molecule has 0 saturated carbocycles. The number of carboxylic acid groups (broad SMARTS) is 2. The fourth-order valence-electron chi connectivity index (χ4n) is 3.80. The quantitative estimate of drug-likeness (QED) is 0.182. The molecule has 15 heteroatoms. The third-order valence-corrected chi connectivity index (χ3v) is 7.01. The van der Waals surface area contributed by atoms with Crippen LogP contribution in [0.3, 0.4) is 0 Å². The van der Waals surface area contributed by atoms with Gasteiger partial charge in [-0.1, -0.05) is 6.07 Å². The van der Waals surface area contributed by atoms with Crippen LogP contribution in [0.25, 0.3) is 33.4 Å². The van der Waals surface area contributed by atoms with E-state index in [0.717, 1.165) is 42.5 Å². The molecule has 4 rings (SSSR count). The van der Waals surface area contributed by atoms with E-state index in [1.807, 2.05) is 0 Å². The summed E-state index contributed by atoms with van der Waals surface area (Å²) in [4.78, 5) is 33.2. The molecule has 1 aliphatic carbocycles. The second kappa shape index (κ2) is 8.13. The second-order valence-corrected chi connectivity index (χ2v) is 10.1. The van der Waals surface area contributed by atoms with E-state index in [1.165, 1.54) is 0 Å². The molecular formula is C21H12O13S2. The van der Waals surface area contributed by atoms with Crippen LogP contribution in [-0.4, -0.2) is 53.2 Å². The molecule has 0 atom stereocenters. The van der Waals surface area contributed by atoms with Gasteiger partial charge in [0.15, 0.2) is 21.1 Å². The Bertz CT molecular complexity index is 1870. The number of rotatable bonds is 5. The van der Waals surface area contributed by atoms with Crippen LogP contribution in [-0.2, 0) is 20.2 Å². The SMILES string of the molecule is O=C(O)c1ccc(-c2c3ccc(=O)c(S(=O)(=O)O)c-3oc3c(S(=O)(=O)O)c(O)ccc23)c(C(=O)O)c1. The Morgan fingerprint density at radius 3 is 1.94 bits per heavy atom. The second-order valence-electron chi connectivity index (χ2n) is 7.36. The van der Waals surface area contributed by atoms with Gasteiger partial charge in [0.25, 0.3) is 0 Å². The molecule has 5 N–H and O–H groups in total. The minimum Gasteiger partial charge on any atom is -0.506 e. The molecular weight excluding hydrogens is 524 g/mol. The zero-order chi connectivity index (χ0) is 26.7. The van der Waals surface area contributed by atoms with E-state index in [9.17, 15) is 55.6 Å². The number of phenolic OH excluding ortho intramolecular Hbond substituents is 1. The van der Waals surface area contributed by atoms with Crippen molar-refractivity contribution in [1.82, 2.24) is 0 Å². The van der Waals surface area contributed by atoms with Crippen LogP contribution in [0, 0.1) is 0 Å². The van der Waals surface area contributed by atoms with Gasteiger partial charge in [-0.25, -0.2) is 9.59 Å². The van der Waals surface area contributed by atoms with Gasteiger partial charge < -0.3 is 19.7 Å². The molecule has 0 bridgehead atoms. The number of fused-ring (bicyclic) bond motifs is 2. The number of hydrogen-bond acceptors (Lipinski definition) is 9. The highest BCUT2D eigenvalue weighted by molar-refractivity contribution is 7.86. The summed E-state index contributed by atoms with van der Waals surface area (Å²) in [7, 11) is -10.6. The molecule has 0 aromatic heterocycles. The molecule has 186 valence electrons. The van der Waals surface area contributed by atoms with Gasteiger partial charge in [-0.15, -0.1) is 0 Å². The molecule has 0 spiro atoms. The largest absolute Gasteiger partial charge is 0.506 e. The first-order chi connectivity index (χ1) is 16.6. The number of benzene rings is 3. The molecule has 2 aromatic carbocycles. The highest BCUT2D eigenvalue weighted by atomic mass is 32.2. The Morgan fingerprint density at radius 2 is 1.39 bits per heavy atom. The average molecular weight is 536 g/mol. The Morgan fingerprint density at radius 1 is 0.778 bits per heavy atom. The minimum absolute atomic E-state index is 0.268. The maximum Gasteiger partial charge on any atom is 0.336 e. The van der Waals surface area contributed by atoms with Gasteiger partial charge in [-0.3, -0.25) is 13.9 Å². The van der Waals surface area contributed by atoms with Gasteiger partial charge in [0.05, 0.1) is 11.1 Å². The van der Waals surface area contributed by atoms with Crippen LogP contribution in [0.1, 0.15) is 20.7 Å². The van der Waals surface area contributed by atoms with Crippen molar-refractivity contribution in [1.29, 1.82) is 0 Å². The normalized spacial score (nSPS) is 12.2. The lowest BCUT2D eigenvalue weighted by atomic mass is 9.90. The Labute approximate surface area is 200 Å². The van der Waals surface area contributed by atoms with E-state index in [-0.39, 0.29) is 22.1 Å². The summed E-state index contributed by atoms with van der Waals surface area (Å²) in [6.45, 7) is 0. The smallest absolute Gasteiger partial charge is 0.336 e. The van der Waals surface area contributed by atoms with E-state index in [4.69, 9.17) is 4.42 Å². The molecule has 1 aliphatic heterocycles.